The van der Waals surface area contributed by atoms with Gasteiger partial charge in [0.25, 0.3) is 0 Å². The van der Waals surface area contributed by atoms with Gasteiger partial charge in [0, 0.05) is 18.8 Å². The molecule has 20 heavy (non-hydrogen) atoms. The van der Waals surface area contributed by atoms with Crippen LogP contribution in [0.3, 0.4) is 0 Å². The van der Waals surface area contributed by atoms with Crippen molar-refractivity contribution in [1.82, 2.24) is 9.55 Å². The van der Waals surface area contributed by atoms with Crippen molar-refractivity contribution in [2.45, 2.75) is 45.3 Å². The molecule has 1 atom stereocenters. The van der Waals surface area contributed by atoms with E-state index in [-0.39, 0.29) is 6.61 Å². The highest BCUT2D eigenvalue weighted by molar-refractivity contribution is 5.79. The van der Waals surface area contributed by atoms with E-state index in [0.717, 1.165) is 43.3 Å². The first-order chi connectivity index (χ1) is 9.63. The zero-order chi connectivity index (χ0) is 14.5. The first-order valence-corrected chi connectivity index (χ1v) is 7.18. The molecule has 5 heteroatoms. The zero-order valence-corrected chi connectivity index (χ0v) is 11.9. The van der Waals surface area contributed by atoms with Crippen molar-refractivity contribution in [3.8, 4) is 0 Å². The summed E-state index contributed by atoms with van der Waals surface area (Å²) >= 11 is 0. The molecule has 0 radical (unpaired) electrons. The minimum absolute atomic E-state index is 0.256. The van der Waals surface area contributed by atoms with E-state index in [2.05, 4.69) is 9.55 Å². The number of rotatable bonds is 7. The molecule has 1 aromatic carbocycles. The number of hydrogen-bond donors (Lipinski definition) is 3. The average Bonchev–Trinajstić information content (AvgIpc) is 2.76. The minimum atomic E-state index is -0.596. The maximum atomic E-state index is 9.87. The number of anilines is 1. The maximum absolute atomic E-state index is 9.87. The quantitative estimate of drug-likeness (QED) is 0.535. The Hall–Kier alpha value is -1.59. The highest BCUT2D eigenvalue weighted by Gasteiger charge is 2.14. The maximum Gasteiger partial charge on any atom is 0.138 e. The smallest absolute Gasteiger partial charge is 0.138 e. The molecule has 0 amide bonds. The summed E-state index contributed by atoms with van der Waals surface area (Å²) in [6.45, 7) is 2.81. The number of nitrogens with two attached hydrogens (primary N) is 1. The van der Waals surface area contributed by atoms with Crippen LogP contribution in [0.5, 0.6) is 0 Å². The van der Waals surface area contributed by atoms with Gasteiger partial charge in [-0.3, -0.25) is 0 Å². The number of nitrogen functional groups attached to an aromatic ring is 1. The van der Waals surface area contributed by atoms with Crippen molar-refractivity contribution in [3.05, 3.63) is 24.0 Å². The molecule has 0 aliphatic heterocycles. The van der Waals surface area contributed by atoms with E-state index < -0.39 is 6.10 Å². The fraction of sp³-hybridized carbons (Fsp3) is 0.533. The Morgan fingerprint density at radius 1 is 1.25 bits per heavy atom. The lowest BCUT2D eigenvalue weighted by molar-refractivity contribution is 0.184. The van der Waals surface area contributed by atoms with Gasteiger partial charge in [-0.1, -0.05) is 12.8 Å². The van der Waals surface area contributed by atoms with E-state index >= 15 is 0 Å². The highest BCUT2D eigenvalue weighted by Crippen LogP contribution is 2.23. The third-order valence-corrected chi connectivity index (χ3v) is 3.47. The van der Waals surface area contributed by atoms with Crippen LogP contribution in [-0.4, -0.2) is 26.4 Å². The number of hydrogen-bond acceptors (Lipinski definition) is 4. The lowest BCUT2D eigenvalue weighted by Gasteiger charge is -2.10. The second kappa shape index (κ2) is 6.72. The SMILES string of the molecule is CC(O)c1nc2cc(N)ccc2n1CCCCCCO. The number of imidazole rings is 1. The van der Waals surface area contributed by atoms with Gasteiger partial charge in [0.2, 0.25) is 0 Å². The second-order valence-electron chi connectivity index (χ2n) is 5.18. The van der Waals surface area contributed by atoms with Crippen molar-refractivity contribution in [3.63, 3.8) is 0 Å². The fourth-order valence-electron chi connectivity index (χ4n) is 2.45. The van der Waals surface area contributed by atoms with Gasteiger partial charge in [-0.25, -0.2) is 4.98 Å². The Balaban J connectivity index is 2.18. The van der Waals surface area contributed by atoms with Gasteiger partial charge >= 0.3 is 0 Å². The van der Waals surface area contributed by atoms with E-state index in [0.29, 0.717) is 11.5 Å². The van der Waals surface area contributed by atoms with Crippen molar-refractivity contribution in [1.29, 1.82) is 0 Å². The van der Waals surface area contributed by atoms with Crippen molar-refractivity contribution in [2.24, 2.45) is 0 Å². The molecule has 4 N–H and O–H groups in total. The number of aliphatic hydroxyl groups is 2. The average molecular weight is 277 g/mol. The largest absolute Gasteiger partial charge is 0.399 e. The normalized spacial score (nSPS) is 12.9. The number of fused-ring (bicyclic) bond motifs is 1. The predicted molar refractivity (Wildman–Crippen MR) is 80.3 cm³/mol. The summed E-state index contributed by atoms with van der Waals surface area (Å²) in [4.78, 5) is 4.48. The van der Waals surface area contributed by atoms with Crippen LogP contribution in [0.2, 0.25) is 0 Å². The van der Waals surface area contributed by atoms with Crippen LogP contribution in [0, 0.1) is 0 Å². The molecule has 2 aromatic rings. The molecular formula is C15H23N3O2. The molecule has 0 spiro atoms. The molecular weight excluding hydrogens is 254 g/mol. The lowest BCUT2D eigenvalue weighted by Crippen LogP contribution is -2.07. The Bertz CT molecular complexity index is 563. The third-order valence-electron chi connectivity index (χ3n) is 3.47. The molecule has 1 heterocycles. The van der Waals surface area contributed by atoms with Crippen LogP contribution < -0.4 is 5.73 Å². The highest BCUT2D eigenvalue weighted by atomic mass is 16.3. The van der Waals surface area contributed by atoms with Crippen LogP contribution in [-0.2, 0) is 6.54 Å². The van der Waals surface area contributed by atoms with Crippen molar-refractivity contribution in [2.75, 3.05) is 12.3 Å². The van der Waals surface area contributed by atoms with Gasteiger partial charge in [0.15, 0.2) is 0 Å². The first-order valence-electron chi connectivity index (χ1n) is 7.18. The Morgan fingerprint density at radius 3 is 2.70 bits per heavy atom. The predicted octanol–water partition coefficient (Wildman–Crippen LogP) is 2.22. The number of aliphatic hydroxyl groups excluding tert-OH is 2. The molecule has 0 bridgehead atoms. The summed E-state index contributed by atoms with van der Waals surface area (Å²) in [5.41, 5.74) is 8.30. The van der Waals surface area contributed by atoms with Crippen LogP contribution in [0.1, 0.15) is 44.5 Å². The standard InChI is InChI=1S/C15H23N3O2/c1-11(20)15-17-13-10-12(16)6-7-14(13)18(15)8-4-2-3-5-9-19/h6-7,10-11,19-20H,2-5,8-9,16H2,1H3. The van der Waals surface area contributed by atoms with Gasteiger partial charge < -0.3 is 20.5 Å². The summed E-state index contributed by atoms with van der Waals surface area (Å²) in [5, 5.41) is 18.6. The van der Waals surface area contributed by atoms with Crippen molar-refractivity contribution < 1.29 is 10.2 Å². The molecule has 110 valence electrons. The molecule has 0 saturated carbocycles. The number of aromatic nitrogens is 2. The van der Waals surface area contributed by atoms with Gasteiger partial charge in [-0.15, -0.1) is 0 Å². The number of aryl methyl sites for hydroxylation is 1. The van der Waals surface area contributed by atoms with Crippen LogP contribution in [0.15, 0.2) is 18.2 Å². The number of nitrogens with zero attached hydrogens (tertiary/aromatic N) is 2. The van der Waals surface area contributed by atoms with Gasteiger partial charge in [0.1, 0.15) is 11.9 Å². The van der Waals surface area contributed by atoms with E-state index in [9.17, 15) is 5.11 Å². The summed E-state index contributed by atoms with van der Waals surface area (Å²) < 4.78 is 2.07. The zero-order valence-electron chi connectivity index (χ0n) is 11.9. The first kappa shape index (κ1) is 14.8. The summed E-state index contributed by atoms with van der Waals surface area (Å²) in [6, 6.07) is 5.65. The third kappa shape index (κ3) is 3.29. The molecule has 0 aliphatic carbocycles. The molecule has 1 unspecified atom stereocenters. The molecule has 0 saturated heterocycles. The fourth-order valence-corrected chi connectivity index (χ4v) is 2.45. The van der Waals surface area contributed by atoms with Crippen LogP contribution >= 0.6 is 0 Å². The molecule has 1 aromatic heterocycles. The molecule has 2 rings (SSSR count). The van der Waals surface area contributed by atoms with Crippen LogP contribution in [0.4, 0.5) is 5.69 Å². The summed E-state index contributed by atoms with van der Waals surface area (Å²) in [6.07, 6.45) is 3.36. The second-order valence-corrected chi connectivity index (χ2v) is 5.18. The van der Waals surface area contributed by atoms with Gasteiger partial charge in [-0.2, -0.15) is 0 Å². The van der Waals surface area contributed by atoms with E-state index in [4.69, 9.17) is 10.8 Å². The van der Waals surface area contributed by atoms with E-state index in [1.54, 1.807) is 6.92 Å². The topological polar surface area (TPSA) is 84.3 Å². The number of unbranched alkanes of at least 4 members (excludes halogenated alkanes) is 3. The Morgan fingerprint density at radius 2 is 2.00 bits per heavy atom. The van der Waals surface area contributed by atoms with E-state index in [1.165, 1.54) is 0 Å². The lowest BCUT2D eigenvalue weighted by atomic mass is 10.2. The number of benzene rings is 1. The van der Waals surface area contributed by atoms with E-state index in [1.807, 2.05) is 18.2 Å². The molecule has 5 nitrogen and oxygen atoms in total. The van der Waals surface area contributed by atoms with Gasteiger partial charge in [-0.05, 0) is 38.0 Å². The van der Waals surface area contributed by atoms with Crippen molar-refractivity contribution >= 4 is 16.7 Å². The summed E-state index contributed by atoms with van der Waals surface area (Å²) in [5.74, 6) is 0.688. The van der Waals surface area contributed by atoms with Crippen LogP contribution in [0.25, 0.3) is 11.0 Å². The summed E-state index contributed by atoms with van der Waals surface area (Å²) in [7, 11) is 0. The molecule has 0 aliphatic rings. The Labute approximate surface area is 119 Å². The monoisotopic (exact) mass is 277 g/mol. The van der Waals surface area contributed by atoms with Gasteiger partial charge in [0.05, 0.1) is 11.0 Å². The Kier molecular flexibility index (Phi) is 4.98. The molecule has 0 fully saturated rings. The minimum Gasteiger partial charge on any atom is -0.399 e.